The molecule has 0 aliphatic carbocycles. The highest BCUT2D eigenvalue weighted by Gasteiger charge is 2.16. The molecule has 0 unspecified atom stereocenters. The molecule has 0 atom stereocenters. The first-order valence-electron chi connectivity index (χ1n) is 6.76. The highest BCUT2D eigenvalue weighted by molar-refractivity contribution is 7.21. The molecule has 1 amide bonds. The maximum absolute atomic E-state index is 12.3. The van der Waals surface area contributed by atoms with Crippen LogP contribution in [0.2, 0.25) is 0 Å². The number of thiophene rings is 1. The Balaban J connectivity index is 1.85. The standard InChI is InChI=1S/C17H16N2OS/c1-11-6-5-9-13-14(18)16(21-15(11)13)17(20)19-10-12-7-3-2-4-8-12/h2-9H,10,18H2,1H3,(H,19,20). The second-order valence-electron chi connectivity index (χ2n) is 4.96. The predicted octanol–water partition coefficient (Wildman–Crippen LogP) is 3.72. The molecule has 3 nitrogen and oxygen atoms in total. The summed E-state index contributed by atoms with van der Waals surface area (Å²) in [6.07, 6.45) is 0. The molecule has 21 heavy (non-hydrogen) atoms. The van der Waals surface area contributed by atoms with Crippen molar-refractivity contribution >= 4 is 33.0 Å². The topological polar surface area (TPSA) is 55.1 Å². The van der Waals surface area contributed by atoms with E-state index in [4.69, 9.17) is 5.73 Å². The van der Waals surface area contributed by atoms with Crippen molar-refractivity contribution in [1.29, 1.82) is 0 Å². The maximum atomic E-state index is 12.3. The monoisotopic (exact) mass is 296 g/mol. The van der Waals surface area contributed by atoms with E-state index in [0.717, 1.165) is 21.2 Å². The number of fused-ring (bicyclic) bond motifs is 1. The van der Waals surface area contributed by atoms with Gasteiger partial charge in [0.1, 0.15) is 4.88 Å². The molecular weight excluding hydrogens is 280 g/mol. The lowest BCUT2D eigenvalue weighted by Crippen LogP contribution is -2.22. The smallest absolute Gasteiger partial charge is 0.263 e. The van der Waals surface area contributed by atoms with Crippen LogP contribution in [-0.4, -0.2) is 5.91 Å². The van der Waals surface area contributed by atoms with Gasteiger partial charge < -0.3 is 11.1 Å². The molecule has 106 valence electrons. The summed E-state index contributed by atoms with van der Waals surface area (Å²) in [5.74, 6) is -0.114. The summed E-state index contributed by atoms with van der Waals surface area (Å²) in [5.41, 5.74) is 8.92. The predicted molar refractivity (Wildman–Crippen MR) is 88.6 cm³/mol. The minimum Gasteiger partial charge on any atom is -0.397 e. The molecule has 3 aromatic rings. The third kappa shape index (κ3) is 2.62. The van der Waals surface area contributed by atoms with Crippen molar-refractivity contribution in [3.8, 4) is 0 Å². The summed E-state index contributed by atoms with van der Waals surface area (Å²) in [5, 5.41) is 3.89. The molecule has 0 radical (unpaired) electrons. The van der Waals surface area contributed by atoms with E-state index >= 15 is 0 Å². The number of anilines is 1. The first kappa shape index (κ1) is 13.6. The van der Waals surface area contributed by atoms with Gasteiger partial charge in [-0.25, -0.2) is 0 Å². The Morgan fingerprint density at radius 1 is 1.14 bits per heavy atom. The van der Waals surface area contributed by atoms with Crippen LogP contribution in [0.4, 0.5) is 5.69 Å². The van der Waals surface area contributed by atoms with Crippen LogP contribution in [-0.2, 0) is 6.54 Å². The van der Waals surface area contributed by atoms with Crippen molar-refractivity contribution in [2.24, 2.45) is 0 Å². The van der Waals surface area contributed by atoms with Gasteiger partial charge in [0.05, 0.1) is 5.69 Å². The fourth-order valence-electron chi connectivity index (χ4n) is 2.31. The van der Waals surface area contributed by atoms with E-state index in [0.29, 0.717) is 17.1 Å². The first-order chi connectivity index (χ1) is 10.2. The number of aryl methyl sites for hydroxylation is 1. The van der Waals surface area contributed by atoms with Crippen LogP contribution in [0, 0.1) is 6.92 Å². The van der Waals surface area contributed by atoms with Crippen LogP contribution in [0.3, 0.4) is 0 Å². The lowest BCUT2D eigenvalue weighted by atomic mass is 10.1. The van der Waals surface area contributed by atoms with Crippen molar-refractivity contribution in [3.05, 3.63) is 64.5 Å². The lowest BCUT2D eigenvalue weighted by molar-refractivity contribution is 0.0956. The molecular formula is C17H16N2OS. The van der Waals surface area contributed by atoms with Crippen LogP contribution in [0.1, 0.15) is 20.8 Å². The van der Waals surface area contributed by atoms with E-state index < -0.39 is 0 Å². The van der Waals surface area contributed by atoms with Crippen LogP contribution in [0.15, 0.2) is 48.5 Å². The highest BCUT2D eigenvalue weighted by Crippen LogP contribution is 2.35. The third-order valence-corrected chi connectivity index (χ3v) is 4.81. The lowest BCUT2D eigenvalue weighted by Gasteiger charge is -2.04. The number of nitrogen functional groups attached to an aromatic ring is 1. The Kier molecular flexibility index (Phi) is 3.62. The van der Waals surface area contributed by atoms with E-state index in [-0.39, 0.29) is 5.91 Å². The molecule has 0 aliphatic rings. The van der Waals surface area contributed by atoms with E-state index in [1.165, 1.54) is 11.3 Å². The van der Waals surface area contributed by atoms with Crippen molar-refractivity contribution < 1.29 is 4.79 Å². The number of carbonyl (C=O) groups is 1. The fourth-order valence-corrected chi connectivity index (χ4v) is 3.41. The minimum absolute atomic E-state index is 0.114. The summed E-state index contributed by atoms with van der Waals surface area (Å²) in [6, 6.07) is 15.8. The van der Waals surface area contributed by atoms with Gasteiger partial charge in [-0.05, 0) is 18.1 Å². The molecule has 3 N–H and O–H groups in total. The van der Waals surface area contributed by atoms with Crippen molar-refractivity contribution in [3.63, 3.8) is 0 Å². The Hall–Kier alpha value is -2.33. The molecule has 0 aliphatic heterocycles. The highest BCUT2D eigenvalue weighted by atomic mass is 32.1. The Labute approximate surface area is 127 Å². The maximum Gasteiger partial charge on any atom is 0.263 e. The summed E-state index contributed by atoms with van der Waals surface area (Å²) in [6.45, 7) is 2.54. The SMILES string of the molecule is Cc1cccc2c(N)c(C(=O)NCc3ccccc3)sc12. The molecule has 0 spiro atoms. The summed E-state index contributed by atoms with van der Waals surface area (Å²) in [4.78, 5) is 12.9. The van der Waals surface area contributed by atoms with Gasteiger partial charge >= 0.3 is 0 Å². The Morgan fingerprint density at radius 2 is 1.90 bits per heavy atom. The number of hydrogen-bond acceptors (Lipinski definition) is 3. The van der Waals surface area contributed by atoms with Crippen molar-refractivity contribution in [2.75, 3.05) is 5.73 Å². The molecule has 1 aromatic heterocycles. The van der Waals surface area contributed by atoms with Crippen LogP contribution in [0.25, 0.3) is 10.1 Å². The second kappa shape index (κ2) is 5.58. The normalized spacial score (nSPS) is 10.7. The van der Waals surface area contributed by atoms with Gasteiger partial charge in [0.15, 0.2) is 0 Å². The van der Waals surface area contributed by atoms with Crippen molar-refractivity contribution in [1.82, 2.24) is 5.32 Å². The summed E-state index contributed by atoms with van der Waals surface area (Å²) < 4.78 is 1.08. The zero-order valence-corrected chi connectivity index (χ0v) is 12.5. The van der Waals surface area contributed by atoms with Crippen molar-refractivity contribution in [2.45, 2.75) is 13.5 Å². The van der Waals surface area contributed by atoms with Crippen LogP contribution in [0.5, 0.6) is 0 Å². The molecule has 3 rings (SSSR count). The fraction of sp³-hybridized carbons (Fsp3) is 0.118. The van der Waals surface area contributed by atoms with Gasteiger partial charge in [-0.1, -0.05) is 48.5 Å². The number of rotatable bonds is 3. The van der Waals surface area contributed by atoms with Crippen LogP contribution < -0.4 is 11.1 Å². The summed E-state index contributed by atoms with van der Waals surface area (Å²) >= 11 is 1.46. The second-order valence-corrected chi connectivity index (χ2v) is 5.99. The van der Waals surface area contributed by atoms with Gasteiger partial charge in [0, 0.05) is 16.6 Å². The number of nitrogens with one attached hydrogen (secondary N) is 1. The zero-order valence-electron chi connectivity index (χ0n) is 11.7. The first-order valence-corrected chi connectivity index (χ1v) is 7.58. The Morgan fingerprint density at radius 3 is 2.62 bits per heavy atom. The largest absolute Gasteiger partial charge is 0.397 e. The molecule has 0 saturated carbocycles. The third-order valence-electron chi connectivity index (χ3n) is 3.45. The molecule has 0 saturated heterocycles. The van der Waals surface area contributed by atoms with E-state index in [1.54, 1.807) is 0 Å². The molecule has 4 heteroatoms. The minimum atomic E-state index is -0.114. The Bertz CT molecular complexity index is 793. The van der Waals surface area contributed by atoms with Gasteiger partial charge in [0.25, 0.3) is 5.91 Å². The van der Waals surface area contributed by atoms with E-state index in [1.807, 2.05) is 55.5 Å². The van der Waals surface area contributed by atoms with Crippen LogP contribution >= 0.6 is 11.3 Å². The number of benzene rings is 2. The molecule has 0 fully saturated rings. The van der Waals surface area contributed by atoms with Gasteiger partial charge in [-0.2, -0.15) is 0 Å². The van der Waals surface area contributed by atoms with E-state index in [2.05, 4.69) is 5.32 Å². The van der Waals surface area contributed by atoms with E-state index in [9.17, 15) is 4.79 Å². The average molecular weight is 296 g/mol. The van der Waals surface area contributed by atoms with Gasteiger partial charge in [-0.15, -0.1) is 11.3 Å². The number of nitrogens with two attached hydrogens (primary N) is 1. The van der Waals surface area contributed by atoms with Gasteiger partial charge in [-0.3, -0.25) is 4.79 Å². The quantitative estimate of drug-likeness (QED) is 0.774. The molecule has 1 heterocycles. The zero-order chi connectivity index (χ0) is 14.8. The number of hydrogen-bond donors (Lipinski definition) is 2. The number of amides is 1. The van der Waals surface area contributed by atoms with Gasteiger partial charge in [0.2, 0.25) is 0 Å². The summed E-state index contributed by atoms with van der Waals surface area (Å²) in [7, 11) is 0. The molecule has 0 bridgehead atoms. The molecule has 2 aromatic carbocycles. The number of carbonyl (C=O) groups excluding carboxylic acids is 1. The average Bonchev–Trinajstić information content (AvgIpc) is 2.85.